The summed E-state index contributed by atoms with van der Waals surface area (Å²) in [5.41, 5.74) is 3.53. The number of hydrogen-bond acceptors (Lipinski definition) is 5. The summed E-state index contributed by atoms with van der Waals surface area (Å²) in [5, 5.41) is 0.892. The molecule has 164 valence electrons. The van der Waals surface area contributed by atoms with Gasteiger partial charge in [-0.25, -0.2) is 18.1 Å². The Morgan fingerprint density at radius 1 is 1.26 bits per heavy atom. The fourth-order valence-corrected chi connectivity index (χ4v) is 4.18. The summed E-state index contributed by atoms with van der Waals surface area (Å²) in [6, 6.07) is 9.55. The molecule has 1 saturated heterocycles. The number of aromatic amines is 1. The Morgan fingerprint density at radius 2 is 2.03 bits per heavy atom. The van der Waals surface area contributed by atoms with Crippen LogP contribution in [0.2, 0.25) is 0 Å². The van der Waals surface area contributed by atoms with E-state index in [-0.39, 0.29) is 18.4 Å². The minimum atomic E-state index is -3.24. The van der Waals surface area contributed by atoms with Crippen molar-refractivity contribution in [2.45, 2.75) is 19.4 Å². The summed E-state index contributed by atoms with van der Waals surface area (Å²) < 4.78 is 31.2. The second kappa shape index (κ2) is 8.68. The molecule has 0 bridgehead atoms. The highest BCUT2D eigenvalue weighted by atomic mass is 32.2. The first-order valence-corrected chi connectivity index (χ1v) is 12.1. The SMILES string of the molecule is CN1CCC(COc2ccnc3[nH]cc(-c4ccc(CNS(C)(=O)=O)cc4)c23)CC1=O. The van der Waals surface area contributed by atoms with E-state index < -0.39 is 10.0 Å². The van der Waals surface area contributed by atoms with Crippen molar-refractivity contribution in [3.63, 3.8) is 0 Å². The molecule has 1 unspecified atom stereocenters. The van der Waals surface area contributed by atoms with Gasteiger partial charge in [0.15, 0.2) is 0 Å². The number of carbonyl (C=O) groups excluding carboxylic acids is 1. The van der Waals surface area contributed by atoms with Crippen LogP contribution in [0.25, 0.3) is 22.2 Å². The average molecular weight is 443 g/mol. The number of likely N-dealkylation sites (tertiary alicyclic amines) is 1. The van der Waals surface area contributed by atoms with Crippen molar-refractivity contribution in [2.24, 2.45) is 5.92 Å². The van der Waals surface area contributed by atoms with E-state index in [1.165, 1.54) is 0 Å². The number of fused-ring (bicyclic) bond motifs is 1. The third-order valence-corrected chi connectivity index (χ3v) is 6.24. The van der Waals surface area contributed by atoms with Crippen LogP contribution in [-0.2, 0) is 21.4 Å². The van der Waals surface area contributed by atoms with Crippen molar-refractivity contribution in [3.05, 3.63) is 48.3 Å². The zero-order valence-electron chi connectivity index (χ0n) is 17.6. The maximum absolute atomic E-state index is 12.0. The Labute approximate surface area is 181 Å². The van der Waals surface area contributed by atoms with Crippen LogP contribution in [0, 0.1) is 5.92 Å². The summed E-state index contributed by atoms with van der Waals surface area (Å²) in [7, 11) is -1.40. The average Bonchev–Trinajstić information content (AvgIpc) is 3.18. The zero-order chi connectivity index (χ0) is 22.0. The van der Waals surface area contributed by atoms with Crippen molar-refractivity contribution >= 4 is 27.0 Å². The third-order valence-electron chi connectivity index (χ3n) is 5.58. The van der Waals surface area contributed by atoms with Crippen LogP contribution in [-0.4, -0.2) is 55.6 Å². The number of ether oxygens (including phenoxy) is 1. The zero-order valence-corrected chi connectivity index (χ0v) is 18.4. The van der Waals surface area contributed by atoms with Gasteiger partial charge in [-0.05, 0) is 23.6 Å². The lowest BCUT2D eigenvalue weighted by Crippen LogP contribution is -2.37. The Bertz CT molecular complexity index is 1190. The van der Waals surface area contributed by atoms with Gasteiger partial charge in [-0.15, -0.1) is 0 Å². The van der Waals surface area contributed by atoms with Crippen LogP contribution < -0.4 is 9.46 Å². The van der Waals surface area contributed by atoms with Gasteiger partial charge in [0, 0.05) is 50.4 Å². The maximum atomic E-state index is 12.0. The number of nitrogens with one attached hydrogen (secondary N) is 2. The molecule has 0 radical (unpaired) electrons. The van der Waals surface area contributed by atoms with Crippen LogP contribution in [0.5, 0.6) is 5.75 Å². The summed E-state index contributed by atoms with van der Waals surface area (Å²) in [5.74, 6) is 1.10. The summed E-state index contributed by atoms with van der Waals surface area (Å²) in [6.45, 7) is 1.49. The lowest BCUT2D eigenvalue weighted by molar-refractivity contribution is -0.133. The number of sulfonamides is 1. The number of pyridine rings is 1. The van der Waals surface area contributed by atoms with Crippen LogP contribution in [0.3, 0.4) is 0 Å². The normalized spacial score (nSPS) is 17.3. The van der Waals surface area contributed by atoms with Crippen molar-refractivity contribution < 1.29 is 17.9 Å². The molecule has 1 fully saturated rings. The second-order valence-corrected chi connectivity index (χ2v) is 9.84. The van der Waals surface area contributed by atoms with Crippen molar-refractivity contribution in [3.8, 4) is 16.9 Å². The van der Waals surface area contributed by atoms with Crippen molar-refractivity contribution in [1.29, 1.82) is 0 Å². The van der Waals surface area contributed by atoms with Gasteiger partial charge in [0.25, 0.3) is 0 Å². The highest BCUT2D eigenvalue weighted by Crippen LogP contribution is 2.35. The Balaban J connectivity index is 1.53. The molecule has 4 rings (SSSR count). The van der Waals surface area contributed by atoms with E-state index in [0.29, 0.717) is 13.0 Å². The van der Waals surface area contributed by atoms with Crippen LogP contribution in [0.4, 0.5) is 0 Å². The number of aromatic nitrogens is 2. The fourth-order valence-electron chi connectivity index (χ4n) is 3.75. The largest absolute Gasteiger partial charge is 0.492 e. The highest BCUT2D eigenvalue weighted by molar-refractivity contribution is 7.88. The van der Waals surface area contributed by atoms with Gasteiger partial charge in [0.1, 0.15) is 11.4 Å². The van der Waals surface area contributed by atoms with E-state index in [9.17, 15) is 13.2 Å². The summed E-state index contributed by atoms with van der Waals surface area (Å²) in [4.78, 5) is 21.3. The predicted molar refractivity (Wildman–Crippen MR) is 119 cm³/mol. The molecular weight excluding hydrogens is 416 g/mol. The van der Waals surface area contributed by atoms with Gasteiger partial charge in [0.2, 0.25) is 15.9 Å². The molecule has 2 N–H and O–H groups in total. The van der Waals surface area contributed by atoms with Gasteiger partial charge in [-0.2, -0.15) is 0 Å². The Morgan fingerprint density at radius 3 is 2.74 bits per heavy atom. The Kier molecular flexibility index (Phi) is 5.97. The van der Waals surface area contributed by atoms with Gasteiger partial charge in [0.05, 0.1) is 18.2 Å². The standard InChI is InChI=1S/C22H26N4O4S/c1-26-10-8-16(11-20(26)27)14-30-19-7-9-23-22-21(19)18(13-24-22)17-5-3-15(4-6-17)12-25-31(2,28)29/h3-7,9,13,16,25H,8,10-12,14H2,1-2H3,(H,23,24). The molecule has 1 amide bonds. The summed E-state index contributed by atoms with van der Waals surface area (Å²) in [6.07, 6.45) is 6.18. The molecule has 1 aromatic carbocycles. The smallest absolute Gasteiger partial charge is 0.222 e. The number of piperidine rings is 1. The number of rotatable bonds is 7. The topological polar surface area (TPSA) is 104 Å². The van der Waals surface area contributed by atoms with E-state index in [4.69, 9.17) is 4.74 Å². The number of hydrogen-bond donors (Lipinski definition) is 2. The van der Waals surface area contributed by atoms with E-state index in [2.05, 4.69) is 14.7 Å². The minimum absolute atomic E-state index is 0.160. The molecule has 0 saturated carbocycles. The monoisotopic (exact) mass is 442 g/mol. The van der Waals surface area contributed by atoms with E-state index in [1.54, 1.807) is 11.1 Å². The number of nitrogens with zero attached hydrogens (tertiary/aromatic N) is 2. The van der Waals surface area contributed by atoms with Crippen LogP contribution in [0.1, 0.15) is 18.4 Å². The van der Waals surface area contributed by atoms with Crippen LogP contribution in [0.15, 0.2) is 42.7 Å². The van der Waals surface area contributed by atoms with E-state index >= 15 is 0 Å². The predicted octanol–water partition coefficient (Wildman–Crippen LogP) is 2.53. The molecule has 0 aliphatic carbocycles. The molecule has 31 heavy (non-hydrogen) atoms. The molecule has 0 spiro atoms. The number of H-pyrrole nitrogens is 1. The first-order valence-electron chi connectivity index (χ1n) is 10.2. The molecule has 8 nitrogen and oxygen atoms in total. The van der Waals surface area contributed by atoms with Gasteiger partial charge in [-0.3, -0.25) is 4.79 Å². The highest BCUT2D eigenvalue weighted by Gasteiger charge is 2.24. The van der Waals surface area contributed by atoms with Crippen LogP contribution >= 0.6 is 0 Å². The lowest BCUT2D eigenvalue weighted by atomic mass is 9.97. The molecule has 3 aromatic rings. The first-order chi connectivity index (χ1) is 14.8. The number of benzene rings is 1. The van der Waals surface area contributed by atoms with Gasteiger partial charge < -0.3 is 14.6 Å². The molecule has 1 aliphatic heterocycles. The van der Waals surface area contributed by atoms with E-state index in [0.717, 1.165) is 52.7 Å². The van der Waals surface area contributed by atoms with E-state index in [1.807, 2.05) is 43.6 Å². The minimum Gasteiger partial charge on any atom is -0.492 e. The van der Waals surface area contributed by atoms with Crippen molar-refractivity contribution in [1.82, 2.24) is 19.6 Å². The van der Waals surface area contributed by atoms with Gasteiger partial charge >= 0.3 is 0 Å². The molecule has 1 atom stereocenters. The molecule has 2 aromatic heterocycles. The summed E-state index contributed by atoms with van der Waals surface area (Å²) >= 11 is 0. The molecule has 3 heterocycles. The maximum Gasteiger partial charge on any atom is 0.222 e. The lowest BCUT2D eigenvalue weighted by Gasteiger charge is -2.28. The number of carbonyl (C=O) groups is 1. The first kappa shape index (κ1) is 21.3. The fraction of sp³-hybridized carbons (Fsp3) is 0.364. The number of amides is 1. The van der Waals surface area contributed by atoms with Gasteiger partial charge in [-0.1, -0.05) is 24.3 Å². The quantitative estimate of drug-likeness (QED) is 0.585. The van der Waals surface area contributed by atoms with Crippen molar-refractivity contribution in [2.75, 3.05) is 26.5 Å². The molecule has 1 aliphatic rings. The second-order valence-electron chi connectivity index (χ2n) is 8.01. The molecular formula is C22H26N4O4S. The Hall–Kier alpha value is -2.91. The molecule has 9 heteroatoms. The third kappa shape index (κ3) is 5.05.